The monoisotopic (exact) mass is 317 g/mol. The van der Waals surface area contributed by atoms with Crippen molar-refractivity contribution in [3.63, 3.8) is 0 Å². The first-order valence-corrected chi connectivity index (χ1v) is 6.84. The molecule has 0 radical (unpaired) electrons. The van der Waals surface area contributed by atoms with Gasteiger partial charge in [-0.2, -0.15) is 4.98 Å². The minimum Gasteiger partial charge on any atom is -0.495 e. The van der Waals surface area contributed by atoms with Crippen molar-refractivity contribution in [1.29, 1.82) is 0 Å². The van der Waals surface area contributed by atoms with Gasteiger partial charge in [-0.15, -0.1) is 0 Å². The second kappa shape index (κ2) is 7.30. The highest BCUT2D eigenvalue weighted by molar-refractivity contribution is 6.02. The molecule has 0 spiro atoms. The number of nitrogens with zero attached hydrogens (tertiary/aromatic N) is 3. The van der Waals surface area contributed by atoms with E-state index in [9.17, 15) is 4.79 Å². The third-order valence-corrected chi connectivity index (χ3v) is 2.96. The molecule has 1 aromatic heterocycles. The summed E-state index contributed by atoms with van der Waals surface area (Å²) in [4.78, 5) is 22.2. The lowest BCUT2D eigenvalue weighted by molar-refractivity contribution is 0.262. The van der Waals surface area contributed by atoms with E-state index in [1.54, 1.807) is 30.2 Å². The third kappa shape index (κ3) is 4.00. The van der Waals surface area contributed by atoms with Crippen LogP contribution in [-0.4, -0.2) is 44.3 Å². The van der Waals surface area contributed by atoms with Gasteiger partial charge in [0.25, 0.3) is 0 Å². The zero-order valence-corrected chi connectivity index (χ0v) is 13.5. The summed E-state index contributed by atoms with van der Waals surface area (Å²) in [6, 6.07) is 6.94. The highest BCUT2D eigenvalue weighted by Gasteiger charge is 2.13. The Morgan fingerprint density at radius 3 is 2.43 bits per heavy atom. The number of anilines is 3. The fourth-order valence-electron chi connectivity index (χ4n) is 1.91. The van der Waals surface area contributed by atoms with Crippen molar-refractivity contribution in [2.45, 2.75) is 0 Å². The topological polar surface area (TPSA) is 88.6 Å². The first-order chi connectivity index (χ1) is 11.0. The van der Waals surface area contributed by atoms with E-state index in [0.717, 1.165) is 0 Å². The van der Waals surface area contributed by atoms with Gasteiger partial charge in [-0.25, -0.2) is 9.78 Å². The number of aromatic nitrogens is 2. The third-order valence-electron chi connectivity index (χ3n) is 2.96. The number of hydrogen-bond acceptors (Lipinski definition) is 6. The Morgan fingerprint density at radius 2 is 1.78 bits per heavy atom. The van der Waals surface area contributed by atoms with Gasteiger partial charge in [0.15, 0.2) is 5.82 Å². The van der Waals surface area contributed by atoms with Crippen molar-refractivity contribution >= 4 is 23.2 Å². The van der Waals surface area contributed by atoms with E-state index in [4.69, 9.17) is 9.47 Å². The second-order valence-electron chi connectivity index (χ2n) is 4.77. The van der Waals surface area contributed by atoms with Crippen molar-refractivity contribution in [1.82, 2.24) is 9.97 Å². The molecule has 0 bridgehead atoms. The van der Waals surface area contributed by atoms with Gasteiger partial charge in [-0.1, -0.05) is 12.1 Å². The maximum absolute atomic E-state index is 12.2. The van der Waals surface area contributed by atoms with Crippen LogP contribution < -0.4 is 25.0 Å². The molecular weight excluding hydrogens is 298 g/mol. The quantitative estimate of drug-likeness (QED) is 0.879. The van der Waals surface area contributed by atoms with E-state index < -0.39 is 6.03 Å². The number of nitrogens with one attached hydrogen (secondary N) is 2. The molecule has 0 aliphatic heterocycles. The van der Waals surface area contributed by atoms with Crippen LogP contribution in [0.2, 0.25) is 0 Å². The number of ether oxygens (including phenoxy) is 2. The molecule has 0 aliphatic carbocycles. The van der Waals surface area contributed by atoms with Crippen molar-refractivity contribution in [3.05, 3.63) is 30.5 Å². The number of benzene rings is 1. The van der Waals surface area contributed by atoms with Crippen molar-refractivity contribution in [3.8, 4) is 11.8 Å². The summed E-state index contributed by atoms with van der Waals surface area (Å²) in [5.74, 6) is 1.11. The Kier molecular flexibility index (Phi) is 5.19. The van der Waals surface area contributed by atoms with Gasteiger partial charge in [0.2, 0.25) is 0 Å². The fraction of sp³-hybridized carbons (Fsp3) is 0.267. The van der Waals surface area contributed by atoms with Crippen molar-refractivity contribution < 1.29 is 14.3 Å². The first kappa shape index (κ1) is 16.3. The molecule has 0 unspecified atom stereocenters. The van der Waals surface area contributed by atoms with Gasteiger partial charge in [0.1, 0.15) is 11.4 Å². The summed E-state index contributed by atoms with van der Waals surface area (Å²) in [6.45, 7) is 0. The summed E-state index contributed by atoms with van der Waals surface area (Å²) in [7, 11) is 6.65. The van der Waals surface area contributed by atoms with Crippen LogP contribution in [0.3, 0.4) is 0 Å². The van der Waals surface area contributed by atoms with Gasteiger partial charge in [0, 0.05) is 14.1 Å². The molecule has 0 aliphatic rings. The van der Waals surface area contributed by atoms with Crippen LogP contribution in [0.5, 0.6) is 11.8 Å². The summed E-state index contributed by atoms with van der Waals surface area (Å²) in [5.41, 5.74) is 1.02. The number of carbonyl (C=O) groups is 1. The summed E-state index contributed by atoms with van der Waals surface area (Å²) in [6.07, 6.45) is 1.49. The maximum atomic E-state index is 12.2. The van der Waals surface area contributed by atoms with Crippen LogP contribution in [0, 0.1) is 0 Å². The normalized spacial score (nSPS) is 9.91. The molecule has 0 saturated heterocycles. The zero-order chi connectivity index (χ0) is 16.8. The first-order valence-electron chi connectivity index (χ1n) is 6.84. The molecule has 2 N–H and O–H groups in total. The van der Waals surface area contributed by atoms with E-state index in [-0.39, 0.29) is 6.01 Å². The Balaban J connectivity index is 2.17. The lowest BCUT2D eigenvalue weighted by atomic mass is 10.3. The minimum atomic E-state index is -0.425. The molecule has 0 atom stereocenters. The summed E-state index contributed by atoms with van der Waals surface area (Å²) in [5, 5.41) is 5.44. The number of urea groups is 1. The van der Waals surface area contributed by atoms with Crippen LogP contribution in [0.4, 0.5) is 22.0 Å². The number of amides is 2. The van der Waals surface area contributed by atoms with Crippen molar-refractivity contribution in [2.24, 2.45) is 0 Å². The van der Waals surface area contributed by atoms with Crippen LogP contribution >= 0.6 is 0 Å². The zero-order valence-electron chi connectivity index (χ0n) is 13.5. The molecule has 2 amide bonds. The fourth-order valence-corrected chi connectivity index (χ4v) is 1.91. The van der Waals surface area contributed by atoms with E-state index in [1.165, 1.54) is 13.3 Å². The van der Waals surface area contributed by atoms with Gasteiger partial charge < -0.3 is 25.0 Å². The van der Waals surface area contributed by atoms with E-state index in [0.29, 0.717) is 22.9 Å². The molecule has 8 nitrogen and oxygen atoms in total. The lowest BCUT2D eigenvalue weighted by Crippen LogP contribution is -2.22. The molecule has 122 valence electrons. The molecular formula is C15H19N5O3. The van der Waals surface area contributed by atoms with E-state index in [2.05, 4.69) is 20.6 Å². The Labute approximate surface area is 134 Å². The van der Waals surface area contributed by atoms with Gasteiger partial charge >= 0.3 is 12.0 Å². The van der Waals surface area contributed by atoms with Crippen molar-refractivity contribution in [2.75, 3.05) is 43.8 Å². The second-order valence-corrected chi connectivity index (χ2v) is 4.77. The number of methoxy groups -OCH3 is 2. The SMILES string of the molecule is COc1ncc(NC(=O)Nc2ccccc2OC)c(N(C)C)n1. The number of hydrogen-bond donors (Lipinski definition) is 2. The van der Waals surface area contributed by atoms with Crippen LogP contribution in [0.25, 0.3) is 0 Å². The smallest absolute Gasteiger partial charge is 0.323 e. The molecule has 23 heavy (non-hydrogen) atoms. The predicted molar refractivity (Wildman–Crippen MR) is 88.5 cm³/mol. The van der Waals surface area contributed by atoms with Gasteiger partial charge in [-0.3, -0.25) is 0 Å². The number of rotatable bonds is 5. The molecule has 1 aromatic carbocycles. The molecule has 0 fully saturated rings. The predicted octanol–water partition coefficient (Wildman–Crippen LogP) is 2.20. The number of carbonyl (C=O) groups excluding carboxylic acids is 1. The van der Waals surface area contributed by atoms with Crippen LogP contribution in [-0.2, 0) is 0 Å². The molecule has 1 heterocycles. The average Bonchev–Trinajstić information content (AvgIpc) is 2.55. The molecule has 8 heteroatoms. The highest BCUT2D eigenvalue weighted by atomic mass is 16.5. The standard InChI is InChI=1S/C15H19N5O3/c1-20(2)13-11(9-16-15(19-13)23-4)18-14(21)17-10-7-5-6-8-12(10)22-3/h5-9H,1-4H3,(H2,17,18,21). The number of para-hydroxylation sites is 2. The van der Waals surface area contributed by atoms with Gasteiger partial charge in [0.05, 0.1) is 26.1 Å². The Morgan fingerprint density at radius 1 is 1.09 bits per heavy atom. The lowest BCUT2D eigenvalue weighted by Gasteiger charge is -2.17. The van der Waals surface area contributed by atoms with Crippen LogP contribution in [0.1, 0.15) is 0 Å². The van der Waals surface area contributed by atoms with Gasteiger partial charge in [-0.05, 0) is 12.1 Å². The largest absolute Gasteiger partial charge is 0.495 e. The average molecular weight is 317 g/mol. The highest BCUT2D eigenvalue weighted by Crippen LogP contribution is 2.25. The van der Waals surface area contributed by atoms with E-state index in [1.807, 2.05) is 20.2 Å². The maximum Gasteiger partial charge on any atom is 0.323 e. The summed E-state index contributed by atoms with van der Waals surface area (Å²) < 4.78 is 10.2. The molecule has 2 aromatic rings. The van der Waals surface area contributed by atoms with Crippen LogP contribution in [0.15, 0.2) is 30.5 Å². The van der Waals surface area contributed by atoms with E-state index >= 15 is 0 Å². The Hall–Kier alpha value is -3.03. The minimum absolute atomic E-state index is 0.226. The Bertz CT molecular complexity index is 691. The molecule has 2 rings (SSSR count). The summed E-state index contributed by atoms with van der Waals surface area (Å²) >= 11 is 0. The molecule has 0 saturated carbocycles.